The molecule has 0 aromatic heterocycles. The standard InChI is InChI=1S/C20H15BrI2N2O3S/c1-24-18(26)14(19(27)25(2)20(24)29)7-12-8-15(21)17(16(23)9-12)28-10-11-3-5-13(22)6-4-11/h3-9H,10H2,1-2H3. The van der Waals surface area contributed by atoms with Gasteiger partial charge >= 0.3 is 0 Å². The van der Waals surface area contributed by atoms with Gasteiger partial charge in [0.2, 0.25) is 0 Å². The summed E-state index contributed by atoms with van der Waals surface area (Å²) in [4.78, 5) is 27.6. The molecule has 0 atom stereocenters. The van der Waals surface area contributed by atoms with Crippen molar-refractivity contribution >= 4 is 96.3 Å². The molecule has 3 rings (SSSR count). The van der Waals surface area contributed by atoms with Crippen molar-refractivity contribution in [2.45, 2.75) is 6.61 Å². The van der Waals surface area contributed by atoms with Crippen LogP contribution in [0.2, 0.25) is 0 Å². The molecule has 0 radical (unpaired) electrons. The number of likely N-dealkylation sites (N-methyl/N-ethyl adjacent to an activating group) is 2. The molecule has 1 heterocycles. The zero-order valence-electron chi connectivity index (χ0n) is 15.4. The minimum Gasteiger partial charge on any atom is -0.487 e. The lowest BCUT2D eigenvalue weighted by Gasteiger charge is -2.31. The summed E-state index contributed by atoms with van der Waals surface area (Å²) in [6.45, 7) is 0.440. The molecule has 2 aromatic rings. The highest BCUT2D eigenvalue weighted by Gasteiger charge is 2.35. The first kappa shape index (κ1) is 22.6. The number of carbonyl (C=O) groups excluding carboxylic acids is 2. The van der Waals surface area contributed by atoms with E-state index in [0.29, 0.717) is 17.9 Å². The number of amides is 2. The Kier molecular flexibility index (Phi) is 7.33. The summed E-state index contributed by atoms with van der Waals surface area (Å²) in [6.07, 6.45) is 1.58. The van der Waals surface area contributed by atoms with E-state index >= 15 is 0 Å². The zero-order valence-corrected chi connectivity index (χ0v) is 22.1. The highest BCUT2D eigenvalue weighted by atomic mass is 127. The normalized spacial score (nSPS) is 14.5. The monoisotopic (exact) mass is 696 g/mol. The molecule has 0 spiro atoms. The van der Waals surface area contributed by atoms with Crippen molar-refractivity contribution in [2.75, 3.05) is 14.1 Å². The summed E-state index contributed by atoms with van der Waals surface area (Å²) in [6, 6.07) is 11.8. The molecule has 2 amide bonds. The summed E-state index contributed by atoms with van der Waals surface area (Å²) >= 11 is 13.1. The van der Waals surface area contributed by atoms with Crippen LogP contribution in [0.25, 0.3) is 6.08 Å². The zero-order chi connectivity index (χ0) is 21.3. The van der Waals surface area contributed by atoms with Crippen molar-refractivity contribution in [2.24, 2.45) is 0 Å². The van der Waals surface area contributed by atoms with E-state index in [1.165, 1.54) is 13.4 Å². The number of thiocarbonyl (C=S) groups is 1. The molecule has 5 nitrogen and oxygen atoms in total. The number of nitrogens with zero attached hydrogens (tertiary/aromatic N) is 2. The van der Waals surface area contributed by atoms with Gasteiger partial charge in [-0.2, -0.15) is 0 Å². The van der Waals surface area contributed by atoms with E-state index in [1.54, 1.807) is 20.2 Å². The van der Waals surface area contributed by atoms with Gasteiger partial charge in [-0.3, -0.25) is 19.4 Å². The third-order valence-corrected chi connectivity index (χ3v) is 6.93. The molecule has 0 unspecified atom stereocenters. The number of halogens is 3. The maximum absolute atomic E-state index is 12.5. The quantitative estimate of drug-likeness (QED) is 0.199. The number of ether oxygens (including phenoxy) is 1. The van der Waals surface area contributed by atoms with Crippen LogP contribution in [0.3, 0.4) is 0 Å². The second-order valence-electron chi connectivity index (χ2n) is 6.30. The van der Waals surface area contributed by atoms with E-state index in [-0.39, 0.29) is 10.7 Å². The topological polar surface area (TPSA) is 49.9 Å². The average Bonchev–Trinajstić information content (AvgIpc) is 2.69. The van der Waals surface area contributed by atoms with Crippen LogP contribution in [0.4, 0.5) is 0 Å². The Labute approximate surface area is 209 Å². The van der Waals surface area contributed by atoms with Crippen molar-refractivity contribution in [1.29, 1.82) is 0 Å². The number of rotatable bonds is 4. The fraction of sp³-hybridized carbons (Fsp3) is 0.150. The van der Waals surface area contributed by atoms with Gasteiger partial charge in [0.25, 0.3) is 11.8 Å². The van der Waals surface area contributed by atoms with Gasteiger partial charge in [0.1, 0.15) is 17.9 Å². The number of hydrogen-bond acceptors (Lipinski definition) is 4. The van der Waals surface area contributed by atoms with Crippen molar-refractivity contribution < 1.29 is 14.3 Å². The SMILES string of the molecule is CN1C(=O)C(=Cc2cc(Br)c(OCc3ccc(I)cc3)c(I)c2)C(=O)N(C)C1=S. The molecule has 150 valence electrons. The predicted molar refractivity (Wildman–Crippen MR) is 136 cm³/mol. The summed E-state index contributed by atoms with van der Waals surface area (Å²) in [5.74, 6) is -0.116. The highest BCUT2D eigenvalue weighted by molar-refractivity contribution is 14.1. The summed E-state index contributed by atoms with van der Waals surface area (Å²) in [7, 11) is 3.12. The van der Waals surface area contributed by atoms with Gasteiger partial charge in [-0.05, 0) is 115 Å². The molecule has 9 heteroatoms. The van der Waals surface area contributed by atoms with Crippen molar-refractivity contribution in [3.05, 3.63) is 64.7 Å². The molecule has 1 aliphatic rings. The second kappa shape index (κ2) is 9.40. The van der Waals surface area contributed by atoms with Gasteiger partial charge in [0.15, 0.2) is 5.11 Å². The second-order valence-corrected chi connectivity index (χ2v) is 9.93. The molecular formula is C20H15BrI2N2O3S. The lowest BCUT2D eigenvalue weighted by Crippen LogP contribution is -2.52. The van der Waals surface area contributed by atoms with Crippen molar-refractivity contribution in [3.8, 4) is 5.75 Å². The summed E-state index contributed by atoms with van der Waals surface area (Å²) in [5, 5.41) is 0.187. The van der Waals surface area contributed by atoms with Gasteiger partial charge < -0.3 is 4.74 Å². The largest absolute Gasteiger partial charge is 0.487 e. The lowest BCUT2D eigenvalue weighted by molar-refractivity contribution is -0.132. The van der Waals surface area contributed by atoms with Crippen LogP contribution in [0, 0.1) is 7.14 Å². The third-order valence-electron chi connectivity index (χ3n) is 4.27. The average molecular weight is 697 g/mol. The fourth-order valence-corrected chi connectivity index (χ4v) is 4.97. The molecule has 0 bridgehead atoms. The molecule has 0 aliphatic carbocycles. The maximum atomic E-state index is 12.5. The smallest absolute Gasteiger partial charge is 0.265 e. The first-order chi connectivity index (χ1) is 13.7. The highest BCUT2D eigenvalue weighted by Crippen LogP contribution is 2.33. The van der Waals surface area contributed by atoms with E-state index in [0.717, 1.165) is 13.6 Å². The van der Waals surface area contributed by atoms with Gasteiger partial charge in [0.05, 0.1) is 8.04 Å². The molecule has 2 aromatic carbocycles. The van der Waals surface area contributed by atoms with Crippen LogP contribution in [0.5, 0.6) is 5.75 Å². The number of hydrogen-bond donors (Lipinski definition) is 0. The Morgan fingerprint density at radius 3 is 2.21 bits per heavy atom. The molecule has 1 fully saturated rings. The van der Waals surface area contributed by atoms with E-state index in [1.807, 2.05) is 36.4 Å². The van der Waals surface area contributed by atoms with E-state index in [4.69, 9.17) is 17.0 Å². The molecule has 0 N–H and O–H groups in total. The van der Waals surface area contributed by atoms with E-state index in [2.05, 4.69) is 61.1 Å². The van der Waals surface area contributed by atoms with Crippen LogP contribution in [-0.4, -0.2) is 40.8 Å². The van der Waals surface area contributed by atoms with E-state index < -0.39 is 11.8 Å². The Morgan fingerprint density at radius 2 is 1.66 bits per heavy atom. The predicted octanol–water partition coefficient (Wildman–Crippen LogP) is 4.84. The Balaban J connectivity index is 1.86. The first-order valence-corrected chi connectivity index (χ1v) is 11.7. The lowest BCUT2D eigenvalue weighted by atomic mass is 10.1. The number of benzene rings is 2. The van der Waals surface area contributed by atoms with Crippen LogP contribution >= 0.6 is 73.3 Å². The minimum atomic E-state index is -0.414. The molecular weight excluding hydrogens is 682 g/mol. The summed E-state index contributed by atoms with van der Waals surface area (Å²) < 4.78 is 8.76. The van der Waals surface area contributed by atoms with Gasteiger partial charge in [-0.25, -0.2) is 0 Å². The Morgan fingerprint density at radius 1 is 1.07 bits per heavy atom. The van der Waals surface area contributed by atoms with Gasteiger partial charge in [0, 0.05) is 17.7 Å². The van der Waals surface area contributed by atoms with Crippen molar-refractivity contribution in [1.82, 2.24) is 9.80 Å². The maximum Gasteiger partial charge on any atom is 0.265 e. The van der Waals surface area contributed by atoms with Gasteiger partial charge in [-0.1, -0.05) is 12.1 Å². The minimum absolute atomic E-state index is 0.0684. The number of carbonyl (C=O) groups is 2. The third kappa shape index (κ3) is 5.00. The summed E-state index contributed by atoms with van der Waals surface area (Å²) in [5.41, 5.74) is 1.85. The van der Waals surface area contributed by atoms with Crippen LogP contribution in [0.15, 0.2) is 46.4 Å². The first-order valence-electron chi connectivity index (χ1n) is 8.37. The molecule has 0 saturated carbocycles. The van der Waals surface area contributed by atoms with Gasteiger partial charge in [-0.15, -0.1) is 0 Å². The van der Waals surface area contributed by atoms with Crippen LogP contribution in [0.1, 0.15) is 11.1 Å². The van der Waals surface area contributed by atoms with Crippen LogP contribution < -0.4 is 4.74 Å². The molecule has 29 heavy (non-hydrogen) atoms. The fourth-order valence-electron chi connectivity index (χ4n) is 2.68. The van der Waals surface area contributed by atoms with Crippen molar-refractivity contribution in [3.63, 3.8) is 0 Å². The van der Waals surface area contributed by atoms with Crippen LogP contribution in [-0.2, 0) is 16.2 Å². The Bertz CT molecular complexity index is 992. The Hall–Kier alpha value is -1.05. The van der Waals surface area contributed by atoms with E-state index in [9.17, 15) is 9.59 Å². The molecule has 1 saturated heterocycles. The molecule has 1 aliphatic heterocycles.